The number of carbonyl (C=O) groups is 1. The molecule has 0 spiro atoms. The molecule has 1 aromatic carbocycles. The molecule has 0 fully saturated rings. The summed E-state index contributed by atoms with van der Waals surface area (Å²) in [6.07, 6.45) is 1.39. The molecular weight excluding hydrogens is 324 g/mol. The highest BCUT2D eigenvalue weighted by Crippen LogP contribution is 2.16. The SMILES string of the molecule is O=C(Nc1ccnc(Cl)n1)c1ccc(Br)cc1F. The first-order valence-corrected chi connectivity index (χ1v) is 5.98. The van der Waals surface area contributed by atoms with Crippen LogP contribution in [0.4, 0.5) is 10.2 Å². The first-order chi connectivity index (χ1) is 8.56. The van der Waals surface area contributed by atoms with Crippen molar-refractivity contribution in [3.63, 3.8) is 0 Å². The smallest absolute Gasteiger partial charge is 0.259 e. The van der Waals surface area contributed by atoms with Gasteiger partial charge in [0.05, 0.1) is 5.56 Å². The standard InChI is InChI=1S/C11H6BrClFN3O/c12-6-1-2-7(8(14)5-6)10(18)16-9-3-4-15-11(13)17-9/h1-5H,(H,15,16,17,18). The fourth-order valence-corrected chi connectivity index (χ4v) is 1.74. The third kappa shape index (κ3) is 3.02. The predicted octanol–water partition coefficient (Wildman–Crippen LogP) is 3.28. The van der Waals surface area contributed by atoms with Crippen LogP contribution in [0.5, 0.6) is 0 Å². The number of amides is 1. The number of hydrogen-bond donors (Lipinski definition) is 1. The van der Waals surface area contributed by atoms with E-state index in [0.717, 1.165) is 0 Å². The van der Waals surface area contributed by atoms with Gasteiger partial charge in [0.25, 0.3) is 5.91 Å². The molecule has 7 heteroatoms. The zero-order chi connectivity index (χ0) is 13.1. The zero-order valence-electron chi connectivity index (χ0n) is 8.82. The minimum Gasteiger partial charge on any atom is -0.306 e. The van der Waals surface area contributed by atoms with Gasteiger partial charge in [-0.1, -0.05) is 15.9 Å². The number of anilines is 1. The number of aromatic nitrogens is 2. The summed E-state index contributed by atoms with van der Waals surface area (Å²) in [5, 5.41) is 2.43. The van der Waals surface area contributed by atoms with E-state index < -0.39 is 11.7 Å². The lowest BCUT2D eigenvalue weighted by molar-refractivity contribution is 0.102. The average molecular weight is 331 g/mol. The van der Waals surface area contributed by atoms with Gasteiger partial charge in [-0.2, -0.15) is 0 Å². The van der Waals surface area contributed by atoms with E-state index in [2.05, 4.69) is 31.2 Å². The summed E-state index contributed by atoms with van der Waals surface area (Å²) in [5.41, 5.74) is -0.0760. The van der Waals surface area contributed by atoms with Crippen LogP contribution in [0.15, 0.2) is 34.9 Å². The molecule has 2 aromatic rings. The molecular formula is C11H6BrClFN3O. The van der Waals surface area contributed by atoms with Gasteiger partial charge in [-0.15, -0.1) is 0 Å². The Morgan fingerprint density at radius 2 is 2.17 bits per heavy atom. The largest absolute Gasteiger partial charge is 0.306 e. The van der Waals surface area contributed by atoms with Crippen molar-refractivity contribution in [2.45, 2.75) is 0 Å². The van der Waals surface area contributed by atoms with Crippen molar-refractivity contribution in [2.75, 3.05) is 5.32 Å². The van der Waals surface area contributed by atoms with E-state index in [1.54, 1.807) is 6.07 Å². The number of nitrogens with zero attached hydrogens (tertiary/aromatic N) is 2. The number of carbonyl (C=O) groups excluding carboxylic acids is 1. The van der Waals surface area contributed by atoms with Gasteiger partial charge >= 0.3 is 0 Å². The molecule has 92 valence electrons. The molecule has 0 aliphatic heterocycles. The van der Waals surface area contributed by atoms with Crippen LogP contribution in [0.25, 0.3) is 0 Å². The van der Waals surface area contributed by atoms with Crippen molar-refractivity contribution in [3.05, 3.63) is 51.6 Å². The third-order valence-electron chi connectivity index (χ3n) is 2.04. The topological polar surface area (TPSA) is 54.9 Å². The van der Waals surface area contributed by atoms with Crippen LogP contribution in [0.1, 0.15) is 10.4 Å². The maximum absolute atomic E-state index is 13.5. The van der Waals surface area contributed by atoms with Crippen LogP contribution in [-0.4, -0.2) is 15.9 Å². The highest BCUT2D eigenvalue weighted by molar-refractivity contribution is 9.10. The monoisotopic (exact) mass is 329 g/mol. The summed E-state index contributed by atoms with van der Waals surface area (Å²) in [4.78, 5) is 19.2. The van der Waals surface area contributed by atoms with Crippen LogP contribution >= 0.6 is 27.5 Å². The second kappa shape index (κ2) is 5.41. The molecule has 18 heavy (non-hydrogen) atoms. The van der Waals surface area contributed by atoms with Gasteiger partial charge in [-0.05, 0) is 35.9 Å². The van der Waals surface area contributed by atoms with Crippen molar-refractivity contribution < 1.29 is 9.18 Å². The lowest BCUT2D eigenvalue weighted by Crippen LogP contribution is -2.14. The van der Waals surface area contributed by atoms with Crippen molar-refractivity contribution in [3.8, 4) is 0 Å². The molecule has 0 saturated carbocycles. The first kappa shape index (κ1) is 12.9. The third-order valence-corrected chi connectivity index (χ3v) is 2.72. The summed E-state index contributed by atoms with van der Waals surface area (Å²) < 4.78 is 14.1. The average Bonchev–Trinajstić information content (AvgIpc) is 2.28. The highest BCUT2D eigenvalue weighted by atomic mass is 79.9. The molecule has 0 aliphatic carbocycles. The summed E-state index contributed by atoms with van der Waals surface area (Å²) in [5.74, 6) is -1.01. The van der Waals surface area contributed by atoms with Crippen LogP contribution < -0.4 is 5.32 Å². The van der Waals surface area contributed by atoms with E-state index in [9.17, 15) is 9.18 Å². The Morgan fingerprint density at radius 3 is 2.83 bits per heavy atom. The van der Waals surface area contributed by atoms with Gasteiger partial charge < -0.3 is 5.32 Å². The number of nitrogens with one attached hydrogen (secondary N) is 1. The molecule has 1 aromatic heterocycles. The highest BCUT2D eigenvalue weighted by Gasteiger charge is 2.12. The lowest BCUT2D eigenvalue weighted by Gasteiger charge is -2.05. The normalized spacial score (nSPS) is 10.2. The van der Waals surface area contributed by atoms with Crippen LogP contribution in [0.2, 0.25) is 5.28 Å². The van der Waals surface area contributed by atoms with Crippen LogP contribution in [0, 0.1) is 5.82 Å². The maximum atomic E-state index is 13.5. The van der Waals surface area contributed by atoms with Crippen molar-refractivity contribution in [1.82, 2.24) is 9.97 Å². The van der Waals surface area contributed by atoms with E-state index in [4.69, 9.17) is 11.6 Å². The summed E-state index contributed by atoms with van der Waals surface area (Å²) >= 11 is 8.68. The molecule has 1 heterocycles. The van der Waals surface area contributed by atoms with E-state index in [1.165, 1.54) is 24.4 Å². The summed E-state index contributed by atoms with van der Waals surface area (Å²) in [6.45, 7) is 0. The fourth-order valence-electron chi connectivity index (χ4n) is 1.26. The Bertz CT molecular complexity index is 609. The van der Waals surface area contributed by atoms with E-state index >= 15 is 0 Å². The van der Waals surface area contributed by atoms with Crippen molar-refractivity contribution >= 4 is 39.3 Å². The van der Waals surface area contributed by atoms with Crippen LogP contribution in [-0.2, 0) is 0 Å². The second-order valence-corrected chi connectivity index (χ2v) is 4.54. The molecule has 0 bridgehead atoms. The van der Waals surface area contributed by atoms with E-state index in [1.807, 2.05) is 0 Å². The molecule has 4 nitrogen and oxygen atoms in total. The maximum Gasteiger partial charge on any atom is 0.259 e. The van der Waals surface area contributed by atoms with Gasteiger partial charge in [-0.25, -0.2) is 14.4 Å². The minimum atomic E-state index is -0.623. The summed E-state index contributed by atoms with van der Waals surface area (Å²) in [6, 6.07) is 5.62. The Balaban J connectivity index is 2.22. The molecule has 0 atom stereocenters. The molecule has 0 radical (unpaired) electrons. The lowest BCUT2D eigenvalue weighted by atomic mass is 10.2. The Morgan fingerprint density at radius 1 is 1.39 bits per heavy atom. The van der Waals surface area contributed by atoms with Gasteiger partial charge in [0, 0.05) is 10.7 Å². The van der Waals surface area contributed by atoms with Gasteiger partial charge in [0.15, 0.2) is 0 Å². The van der Waals surface area contributed by atoms with E-state index in [0.29, 0.717) is 4.47 Å². The fraction of sp³-hybridized carbons (Fsp3) is 0. The van der Waals surface area contributed by atoms with Gasteiger partial charge in [0.1, 0.15) is 11.6 Å². The van der Waals surface area contributed by atoms with E-state index in [-0.39, 0.29) is 16.7 Å². The quantitative estimate of drug-likeness (QED) is 0.860. The zero-order valence-corrected chi connectivity index (χ0v) is 11.2. The Kier molecular flexibility index (Phi) is 3.88. The summed E-state index contributed by atoms with van der Waals surface area (Å²) in [7, 11) is 0. The molecule has 1 amide bonds. The molecule has 0 saturated heterocycles. The number of rotatable bonds is 2. The Labute approximate surface area is 115 Å². The van der Waals surface area contributed by atoms with Crippen molar-refractivity contribution in [2.24, 2.45) is 0 Å². The molecule has 1 N–H and O–H groups in total. The molecule has 2 rings (SSSR count). The van der Waals surface area contributed by atoms with Crippen LogP contribution in [0.3, 0.4) is 0 Å². The first-order valence-electron chi connectivity index (χ1n) is 4.81. The number of halogens is 3. The second-order valence-electron chi connectivity index (χ2n) is 3.29. The number of benzene rings is 1. The minimum absolute atomic E-state index is 0.00378. The predicted molar refractivity (Wildman–Crippen MR) is 69.1 cm³/mol. The van der Waals surface area contributed by atoms with Gasteiger partial charge in [-0.3, -0.25) is 4.79 Å². The molecule has 0 aliphatic rings. The Hall–Kier alpha value is -1.53. The van der Waals surface area contributed by atoms with Gasteiger partial charge in [0.2, 0.25) is 5.28 Å². The molecule has 0 unspecified atom stereocenters. The van der Waals surface area contributed by atoms with Crippen molar-refractivity contribution in [1.29, 1.82) is 0 Å². The number of hydrogen-bond acceptors (Lipinski definition) is 3.